The molecule has 4 aromatic rings. The number of anilines is 1. The molecule has 0 atom stereocenters. The number of aromatic nitrogens is 3. The second kappa shape index (κ2) is 10.6. The van der Waals surface area contributed by atoms with E-state index in [4.69, 9.17) is 16.3 Å². The van der Waals surface area contributed by atoms with Crippen molar-refractivity contribution in [3.63, 3.8) is 0 Å². The van der Waals surface area contributed by atoms with E-state index >= 15 is 0 Å². The molecule has 2 aromatic carbocycles. The lowest BCUT2D eigenvalue weighted by Gasteiger charge is -2.31. The van der Waals surface area contributed by atoms with Gasteiger partial charge in [-0.05, 0) is 64.6 Å². The van der Waals surface area contributed by atoms with Crippen molar-refractivity contribution in [2.75, 3.05) is 26.0 Å². The van der Waals surface area contributed by atoms with Gasteiger partial charge in [-0.15, -0.1) is 0 Å². The van der Waals surface area contributed by atoms with Gasteiger partial charge in [-0.3, -0.25) is 4.79 Å². The molecule has 2 N–H and O–H groups in total. The molecular formula is C28H28ClN5O3. The molecule has 0 fully saturated rings. The first-order valence-electron chi connectivity index (χ1n) is 12.0. The van der Waals surface area contributed by atoms with Crippen LogP contribution in [-0.2, 0) is 26.1 Å². The summed E-state index contributed by atoms with van der Waals surface area (Å²) in [6, 6.07) is 13.6. The minimum Gasteiger partial charge on any atom is -0.497 e. The topological polar surface area (TPSA) is 92.5 Å². The summed E-state index contributed by atoms with van der Waals surface area (Å²) in [5.74, 6) is 1.46. The van der Waals surface area contributed by atoms with E-state index in [1.165, 1.54) is 0 Å². The molecular weight excluding hydrogens is 490 g/mol. The van der Waals surface area contributed by atoms with E-state index < -0.39 is 0 Å². The van der Waals surface area contributed by atoms with Crippen LogP contribution in [0.2, 0.25) is 5.15 Å². The molecule has 0 bridgehead atoms. The molecule has 0 saturated carbocycles. The van der Waals surface area contributed by atoms with Crippen LogP contribution < -0.4 is 10.1 Å². The van der Waals surface area contributed by atoms with E-state index in [0.717, 1.165) is 34.0 Å². The second-order valence-electron chi connectivity index (χ2n) is 8.97. The van der Waals surface area contributed by atoms with Gasteiger partial charge in [-0.25, -0.2) is 9.97 Å². The highest BCUT2D eigenvalue weighted by molar-refractivity contribution is 6.32. The zero-order valence-corrected chi connectivity index (χ0v) is 21.5. The summed E-state index contributed by atoms with van der Waals surface area (Å²) in [6.07, 6.45) is 5.86. The molecule has 1 aliphatic rings. The fraction of sp³-hybridized carbons (Fsp3) is 0.250. The van der Waals surface area contributed by atoms with Crippen LogP contribution in [-0.4, -0.2) is 51.2 Å². The largest absolute Gasteiger partial charge is 0.497 e. The summed E-state index contributed by atoms with van der Waals surface area (Å²) in [4.78, 5) is 24.3. The molecule has 0 saturated heterocycles. The Morgan fingerprint density at radius 2 is 1.86 bits per heavy atom. The van der Waals surface area contributed by atoms with E-state index in [-0.39, 0.29) is 12.5 Å². The summed E-state index contributed by atoms with van der Waals surface area (Å²) in [7, 11) is 3.46. The number of nitrogens with one attached hydrogen (secondary N) is 1. The minimum absolute atomic E-state index is 0.0333. The number of amides is 1. The maximum Gasteiger partial charge on any atom is 0.254 e. The van der Waals surface area contributed by atoms with Crippen molar-refractivity contribution in [1.82, 2.24) is 19.4 Å². The number of nitrogens with zero attached hydrogens (tertiary/aromatic N) is 4. The zero-order valence-electron chi connectivity index (χ0n) is 20.7. The van der Waals surface area contributed by atoms with Gasteiger partial charge in [0.15, 0.2) is 0 Å². The Labute approximate surface area is 220 Å². The lowest BCUT2D eigenvalue weighted by Crippen LogP contribution is -2.37. The van der Waals surface area contributed by atoms with E-state index in [2.05, 4.69) is 21.4 Å². The van der Waals surface area contributed by atoms with Crippen LogP contribution in [0.4, 0.5) is 5.95 Å². The number of halogens is 1. The molecule has 0 spiro atoms. The predicted octanol–water partition coefficient (Wildman–Crippen LogP) is 4.39. The summed E-state index contributed by atoms with van der Waals surface area (Å²) in [5.41, 5.74) is 5.76. The van der Waals surface area contributed by atoms with Crippen LogP contribution in [0.15, 0.2) is 61.1 Å². The van der Waals surface area contributed by atoms with Gasteiger partial charge in [0.25, 0.3) is 5.91 Å². The molecule has 2 aromatic heterocycles. The van der Waals surface area contributed by atoms with Crippen molar-refractivity contribution in [1.29, 1.82) is 0 Å². The maximum absolute atomic E-state index is 13.8. The van der Waals surface area contributed by atoms with Crippen molar-refractivity contribution in [3.05, 3.63) is 94.0 Å². The van der Waals surface area contributed by atoms with Gasteiger partial charge in [-0.2, -0.15) is 0 Å². The van der Waals surface area contributed by atoms with Crippen molar-refractivity contribution in [3.8, 4) is 16.9 Å². The van der Waals surface area contributed by atoms with Gasteiger partial charge >= 0.3 is 0 Å². The lowest BCUT2D eigenvalue weighted by atomic mass is 9.88. The second-order valence-corrected chi connectivity index (χ2v) is 9.32. The monoisotopic (exact) mass is 517 g/mol. The number of ether oxygens (including phenoxy) is 1. The molecule has 9 heteroatoms. The van der Waals surface area contributed by atoms with Crippen molar-refractivity contribution < 1.29 is 14.6 Å². The van der Waals surface area contributed by atoms with Gasteiger partial charge in [0.1, 0.15) is 10.9 Å². The number of hydrogen-bond acceptors (Lipinski definition) is 6. The highest BCUT2D eigenvalue weighted by atomic mass is 35.5. The average Bonchev–Trinajstić information content (AvgIpc) is 3.37. The molecule has 3 heterocycles. The Morgan fingerprint density at radius 3 is 2.65 bits per heavy atom. The lowest BCUT2D eigenvalue weighted by molar-refractivity contribution is 0.0727. The number of benzene rings is 2. The number of fused-ring (bicyclic) bond motifs is 1. The number of hydrogen-bond donors (Lipinski definition) is 2. The third-order valence-corrected chi connectivity index (χ3v) is 6.93. The normalized spacial score (nSPS) is 13.0. The summed E-state index contributed by atoms with van der Waals surface area (Å²) in [5, 5.41) is 13.1. The van der Waals surface area contributed by atoms with Gasteiger partial charge in [-0.1, -0.05) is 23.7 Å². The van der Waals surface area contributed by atoms with Crippen molar-refractivity contribution >= 4 is 23.5 Å². The first-order valence-corrected chi connectivity index (χ1v) is 12.4. The highest BCUT2D eigenvalue weighted by Gasteiger charge is 2.28. The van der Waals surface area contributed by atoms with E-state index in [0.29, 0.717) is 47.9 Å². The Hall–Kier alpha value is -3.88. The molecule has 0 radical (unpaired) electrons. The first-order chi connectivity index (χ1) is 18.0. The number of aliphatic hydroxyl groups is 1. The highest BCUT2D eigenvalue weighted by Crippen LogP contribution is 2.36. The molecule has 0 aliphatic carbocycles. The molecule has 1 amide bonds. The minimum atomic E-state index is -0.146. The quantitative estimate of drug-likeness (QED) is 0.337. The van der Waals surface area contributed by atoms with Crippen molar-refractivity contribution in [2.24, 2.45) is 0 Å². The number of pyridine rings is 1. The number of rotatable bonds is 8. The van der Waals surface area contributed by atoms with E-state index in [1.54, 1.807) is 19.5 Å². The molecule has 1 aliphatic heterocycles. The van der Waals surface area contributed by atoms with Gasteiger partial charge < -0.3 is 24.6 Å². The van der Waals surface area contributed by atoms with Crippen LogP contribution in [0.3, 0.4) is 0 Å². The summed E-state index contributed by atoms with van der Waals surface area (Å²) >= 11 is 6.55. The first kappa shape index (κ1) is 24.8. The third-order valence-electron chi connectivity index (χ3n) is 6.63. The molecule has 0 unspecified atom stereocenters. The Kier molecular flexibility index (Phi) is 7.12. The standard InChI is InChI=1S/C28H28ClN5O3/c1-30-28-31-7-9-34(28)16-19-11-23(24-13-20(17-35)14-32-26(24)29)22-6-8-33(27(36)25(22)12-19)15-18-4-3-5-21(10-18)37-2/h3-5,7,9-14,35H,6,8,15-17H2,1-2H3,(H,30,31). The molecule has 37 heavy (non-hydrogen) atoms. The van der Waals surface area contributed by atoms with Crippen molar-refractivity contribution in [2.45, 2.75) is 26.1 Å². The third kappa shape index (κ3) is 5.03. The SMILES string of the molecule is CNc1nccn1Cc1cc2c(c(-c3cc(CO)cnc3Cl)c1)CCN(Cc1cccc(OC)c1)C2=O. The number of methoxy groups -OCH3 is 1. The molecule has 8 nitrogen and oxygen atoms in total. The van der Waals surface area contributed by atoms with Gasteiger partial charge in [0.05, 0.1) is 20.3 Å². The summed E-state index contributed by atoms with van der Waals surface area (Å²) in [6.45, 7) is 1.44. The van der Waals surface area contributed by atoms with Gasteiger partial charge in [0, 0.05) is 49.9 Å². The number of carbonyl (C=O) groups excluding carboxylic acids is 1. The van der Waals surface area contributed by atoms with E-state index in [9.17, 15) is 9.90 Å². The van der Waals surface area contributed by atoms with E-state index in [1.807, 2.05) is 59.1 Å². The smallest absolute Gasteiger partial charge is 0.254 e. The number of aliphatic hydroxyl groups excluding tert-OH is 1. The fourth-order valence-electron chi connectivity index (χ4n) is 4.81. The van der Waals surface area contributed by atoms with Crippen LogP contribution in [0.5, 0.6) is 5.75 Å². The molecule has 190 valence electrons. The summed E-state index contributed by atoms with van der Waals surface area (Å²) < 4.78 is 7.34. The fourth-order valence-corrected chi connectivity index (χ4v) is 5.02. The van der Waals surface area contributed by atoms with Gasteiger partial charge in [0.2, 0.25) is 5.95 Å². The Bertz CT molecular complexity index is 1450. The van der Waals surface area contributed by atoms with Crippen LogP contribution in [0.25, 0.3) is 11.1 Å². The maximum atomic E-state index is 13.8. The average molecular weight is 518 g/mol. The van der Waals surface area contributed by atoms with Crippen LogP contribution >= 0.6 is 11.6 Å². The predicted molar refractivity (Wildman–Crippen MR) is 143 cm³/mol. The zero-order chi connectivity index (χ0) is 25.9. The number of imidazole rings is 1. The number of carbonyl (C=O) groups is 1. The van der Waals surface area contributed by atoms with Crippen LogP contribution in [0, 0.1) is 0 Å². The Balaban J connectivity index is 1.58. The molecule has 5 rings (SSSR count). The van der Waals surface area contributed by atoms with Crippen LogP contribution in [0.1, 0.15) is 32.6 Å². The Morgan fingerprint density at radius 1 is 1.05 bits per heavy atom.